The van der Waals surface area contributed by atoms with E-state index in [-0.39, 0.29) is 6.61 Å². The molecule has 0 saturated heterocycles. The molecule has 0 fully saturated rings. The van der Waals surface area contributed by atoms with E-state index in [0.717, 1.165) is 36.2 Å². The number of nitrogens with zero attached hydrogens (tertiary/aromatic N) is 2. The van der Waals surface area contributed by atoms with Crippen LogP contribution in [-0.4, -0.2) is 28.6 Å². The van der Waals surface area contributed by atoms with E-state index in [9.17, 15) is 0 Å². The number of fused-ring (bicyclic) bond motifs is 1. The van der Waals surface area contributed by atoms with Crippen molar-refractivity contribution in [3.05, 3.63) is 24.3 Å². The van der Waals surface area contributed by atoms with E-state index in [0.29, 0.717) is 0 Å². The van der Waals surface area contributed by atoms with Crippen molar-refractivity contribution in [1.29, 1.82) is 0 Å². The summed E-state index contributed by atoms with van der Waals surface area (Å²) in [6, 6.07) is 7.92. The van der Waals surface area contributed by atoms with Crippen molar-refractivity contribution in [3.8, 4) is 5.88 Å². The summed E-state index contributed by atoms with van der Waals surface area (Å²) in [7, 11) is 1.66. The largest absolute Gasteiger partial charge is 0.481 e. The fraction of sp³-hybridized carbons (Fsp3) is 0.417. The van der Waals surface area contributed by atoms with Gasteiger partial charge in [0.25, 0.3) is 0 Å². The Morgan fingerprint density at radius 2 is 2.12 bits per heavy atom. The molecule has 0 radical (unpaired) electrons. The molecule has 1 aromatic carbocycles. The van der Waals surface area contributed by atoms with Gasteiger partial charge in [-0.2, -0.15) is 5.10 Å². The van der Waals surface area contributed by atoms with Gasteiger partial charge in [-0.1, -0.05) is 12.1 Å². The average Bonchev–Trinajstić information content (AvgIpc) is 2.67. The van der Waals surface area contributed by atoms with E-state index in [1.54, 1.807) is 7.11 Å². The summed E-state index contributed by atoms with van der Waals surface area (Å²) in [5.74, 6) is 0.800. The molecule has 2 rings (SSSR count). The highest BCUT2D eigenvalue weighted by Crippen LogP contribution is 2.25. The van der Waals surface area contributed by atoms with Crippen molar-refractivity contribution in [3.63, 3.8) is 0 Å². The Bertz CT molecular complexity index is 465. The molecule has 0 spiro atoms. The molecule has 0 amide bonds. The lowest BCUT2D eigenvalue weighted by Gasteiger charge is -2.05. The molecule has 2 aromatic rings. The Morgan fingerprint density at radius 1 is 1.31 bits per heavy atom. The van der Waals surface area contributed by atoms with Gasteiger partial charge >= 0.3 is 0 Å². The molecule has 4 heteroatoms. The summed E-state index contributed by atoms with van der Waals surface area (Å²) >= 11 is 0. The van der Waals surface area contributed by atoms with Crippen LogP contribution in [0.25, 0.3) is 10.9 Å². The van der Waals surface area contributed by atoms with Crippen LogP contribution in [-0.2, 0) is 6.54 Å². The van der Waals surface area contributed by atoms with Crippen molar-refractivity contribution in [2.45, 2.75) is 19.4 Å². The van der Waals surface area contributed by atoms with Crippen LogP contribution in [0.3, 0.4) is 0 Å². The number of benzene rings is 1. The van der Waals surface area contributed by atoms with Crippen LogP contribution in [0.5, 0.6) is 5.88 Å². The summed E-state index contributed by atoms with van der Waals surface area (Å²) in [6.07, 6.45) is 1.69. The van der Waals surface area contributed by atoms with E-state index in [1.807, 2.05) is 28.9 Å². The molecule has 0 aliphatic heterocycles. The van der Waals surface area contributed by atoms with Gasteiger partial charge in [0, 0.05) is 13.2 Å². The Labute approximate surface area is 94.5 Å². The highest BCUT2D eigenvalue weighted by molar-refractivity contribution is 5.84. The van der Waals surface area contributed by atoms with Gasteiger partial charge in [-0.05, 0) is 25.0 Å². The van der Waals surface area contributed by atoms with Crippen molar-refractivity contribution in [2.24, 2.45) is 0 Å². The van der Waals surface area contributed by atoms with Gasteiger partial charge < -0.3 is 9.84 Å². The Morgan fingerprint density at radius 3 is 2.88 bits per heavy atom. The molecule has 0 atom stereocenters. The number of aromatic nitrogens is 2. The van der Waals surface area contributed by atoms with Crippen LogP contribution in [0.15, 0.2) is 24.3 Å². The zero-order valence-electron chi connectivity index (χ0n) is 9.39. The maximum atomic E-state index is 8.75. The first-order chi connectivity index (χ1) is 7.86. The highest BCUT2D eigenvalue weighted by atomic mass is 16.5. The molecule has 1 heterocycles. The topological polar surface area (TPSA) is 47.3 Å². The van der Waals surface area contributed by atoms with Gasteiger partial charge in [0.05, 0.1) is 18.0 Å². The molecule has 1 aromatic heterocycles. The third-order valence-electron chi connectivity index (χ3n) is 2.57. The van der Waals surface area contributed by atoms with Crippen molar-refractivity contribution in [1.82, 2.24) is 9.78 Å². The van der Waals surface area contributed by atoms with Crippen LogP contribution in [0.2, 0.25) is 0 Å². The lowest BCUT2D eigenvalue weighted by atomic mass is 10.2. The number of ether oxygens (including phenoxy) is 1. The number of hydrogen-bond donors (Lipinski definition) is 1. The molecule has 16 heavy (non-hydrogen) atoms. The Hall–Kier alpha value is -1.55. The van der Waals surface area contributed by atoms with E-state index >= 15 is 0 Å². The van der Waals surface area contributed by atoms with Crippen LogP contribution >= 0.6 is 0 Å². The first kappa shape index (κ1) is 11.0. The first-order valence-electron chi connectivity index (χ1n) is 5.47. The van der Waals surface area contributed by atoms with Crippen LogP contribution in [0, 0.1) is 0 Å². The molecule has 86 valence electrons. The van der Waals surface area contributed by atoms with Crippen molar-refractivity contribution >= 4 is 10.9 Å². The third kappa shape index (κ3) is 2.02. The molecule has 0 saturated carbocycles. The number of hydrogen-bond acceptors (Lipinski definition) is 3. The molecule has 0 aliphatic carbocycles. The van der Waals surface area contributed by atoms with Gasteiger partial charge in [-0.25, -0.2) is 4.68 Å². The second kappa shape index (κ2) is 4.99. The lowest BCUT2D eigenvalue weighted by Crippen LogP contribution is -2.03. The lowest BCUT2D eigenvalue weighted by molar-refractivity contribution is 0.277. The number of rotatable bonds is 5. The minimum atomic E-state index is 0.225. The maximum Gasteiger partial charge on any atom is 0.219 e. The van der Waals surface area contributed by atoms with Crippen LogP contribution in [0.4, 0.5) is 0 Å². The van der Waals surface area contributed by atoms with Gasteiger partial charge in [0.15, 0.2) is 0 Å². The number of aliphatic hydroxyl groups is 1. The summed E-state index contributed by atoms with van der Waals surface area (Å²) in [4.78, 5) is 0. The number of aliphatic hydroxyl groups excluding tert-OH is 1. The Kier molecular flexibility index (Phi) is 3.41. The minimum absolute atomic E-state index is 0.225. The molecule has 4 nitrogen and oxygen atoms in total. The molecule has 0 bridgehead atoms. The van der Waals surface area contributed by atoms with E-state index < -0.39 is 0 Å². The molecular formula is C12H16N2O2. The van der Waals surface area contributed by atoms with E-state index in [4.69, 9.17) is 9.84 Å². The predicted octanol–water partition coefficient (Wildman–Crippen LogP) is 1.82. The third-order valence-corrected chi connectivity index (χ3v) is 2.57. The quantitative estimate of drug-likeness (QED) is 0.782. The van der Waals surface area contributed by atoms with E-state index in [1.165, 1.54) is 0 Å². The molecule has 1 N–H and O–H groups in total. The zero-order chi connectivity index (χ0) is 11.4. The highest BCUT2D eigenvalue weighted by Gasteiger charge is 2.09. The average molecular weight is 220 g/mol. The monoisotopic (exact) mass is 220 g/mol. The van der Waals surface area contributed by atoms with Crippen molar-refractivity contribution in [2.75, 3.05) is 13.7 Å². The predicted molar refractivity (Wildman–Crippen MR) is 62.6 cm³/mol. The summed E-state index contributed by atoms with van der Waals surface area (Å²) in [6.45, 7) is 1.00. The fourth-order valence-corrected chi connectivity index (χ4v) is 1.80. The summed E-state index contributed by atoms with van der Waals surface area (Å²) < 4.78 is 7.23. The standard InChI is InChI=1S/C12H16N2O2/c1-16-12-10-6-2-3-7-11(10)13-14(12)8-4-5-9-15/h2-3,6-7,15H,4-5,8-9H2,1H3. The normalized spacial score (nSPS) is 10.9. The molecule has 0 aliphatic rings. The van der Waals surface area contributed by atoms with Crippen molar-refractivity contribution < 1.29 is 9.84 Å². The second-order valence-corrected chi connectivity index (χ2v) is 3.68. The summed E-state index contributed by atoms with van der Waals surface area (Å²) in [5.41, 5.74) is 0.948. The smallest absolute Gasteiger partial charge is 0.219 e. The zero-order valence-corrected chi connectivity index (χ0v) is 9.39. The van der Waals surface area contributed by atoms with E-state index in [2.05, 4.69) is 5.10 Å². The minimum Gasteiger partial charge on any atom is -0.481 e. The van der Waals surface area contributed by atoms with Crippen LogP contribution in [0.1, 0.15) is 12.8 Å². The molecular weight excluding hydrogens is 204 g/mol. The number of methoxy groups -OCH3 is 1. The first-order valence-corrected chi connectivity index (χ1v) is 5.47. The summed E-state index contributed by atoms with van der Waals surface area (Å²) in [5, 5.41) is 14.3. The molecule has 0 unspecified atom stereocenters. The van der Waals surface area contributed by atoms with Gasteiger partial charge in [0.2, 0.25) is 5.88 Å². The van der Waals surface area contributed by atoms with Gasteiger partial charge in [-0.15, -0.1) is 0 Å². The van der Waals surface area contributed by atoms with Crippen LogP contribution < -0.4 is 4.74 Å². The SMILES string of the molecule is COc1c2ccccc2nn1CCCCO. The number of aryl methyl sites for hydroxylation is 1. The number of unbranched alkanes of at least 4 members (excludes halogenated alkanes) is 1. The second-order valence-electron chi connectivity index (χ2n) is 3.68. The maximum absolute atomic E-state index is 8.75. The van der Waals surface area contributed by atoms with Gasteiger partial charge in [-0.3, -0.25) is 0 Å². The fourth-order valence-electron chi connectivity index (χ4n) is 1.80. The Balaban J connectivity index is 2.29. The van der Waals surface area contributed by atoms with Gasteiger partial charge in [0.1, 0.15) is 0 Å².